The lowest BCUT2D eigenvalue weighted by molar-refractivity contribution is 0.0699. The van der Waals surface area contributed by atoms with Crippen LogP contribution in [0.3, 0.4) is 0 Å². The number of aromatic nitrogens is 2. The quantitative estimate of drug-likeness (QED) is 0.190. The fourth-order valence-electron chi connectivity index (χ4n) is 4.75. The lowest BCUT2D eigenvalue weighted by Crippen LogP contribution is -2.07. The number of carboxylic acid groups (broad SMARTS) is 1. The number of hydrogen-bond donors (Lipinski definition) is 1. The molecule has 3 aromatic carbocycles. The molecule has 0 fully saturated rings. The summed E-state index contributed by atoms with van der Waals surface area (Å²) in [4.78, 5) is 30.2. The molecule has 37 heavy (non-hydrogen) atoms. The van der Waals surface area contributed by atoms with Crippen LogP contribution < -0.4 is 5.63 Å². The second-order valence-corrected chi connectivity index (χ2v) is 9.51. The maximum absolute atomic E-state index is 13.0. The molecule has 0 amide bonds. The number of carbonyl (C=O) groups is 1. The van der Waals surface area contributed by atoms with E-state index in [1.807, 2.05) is 60.7 Å². The summed E-state index contributed by atoms with van der Waals surface area (Å²) >= 11 is 0. The summed E-state index contributed by atoms with van der Waals surface area (Å²) in [7, 11) is 0. The molecule has 6 heteroatoms. The zero-order valence-electron chi connectivity index (χ0n) is 21.1. The van der Waals surface area contributed by atoms with Gasteiger partial charge in [-0.25, -0.2) is 14.6 Å². The number of rotatable bonds is 7. The average Bonchev–Trinajstić information content (AvgIpc) is 3.20. The van der Waals surface area contributed by atoms with E-state index in [4.69, 9.17) is 9.40 Å². The number of furan rings is 1. The van der Waals surface area contributed by atoms with E-state index in [-0.39, 0.29) is 11.1 Å². The third-order valence-corrected chi connectivity index (χ3v) is 6.59. The second kappa shape index (κ2) is 9.90. The van der Waals surface area contributed by atoms with E-state index in [2.05, 4.69) is 37.5 Å². The van der Waals surface area contributed by atoms with Gasteiger partial charge in [0.1, 0.15) is 11.1 Å². The number of carboxylic acids is 1. The van der Waals surface area contributed by atoms with Crippen molar-refractivity contribution in [2.45, 2.75) is 40.2 Å². The van der Waals surface area contributed by atoms with Crippen molar-refractivity contribution in [2.24, 2.45) is 0 Å². The number of benzene rings is 3. The maximum atomic E-state index is 13.0. The summed E-state index contributed by atoms with van der Waals surface area (Å²) in [6.07, 6.45) is 6.30. The Balaban J connectivity index is 1.80. The Morgan fingerprint density at radius 2 is 1.73 bits per heavy atom. The smallest absolute Gasteiger partial charge is 0.344 e. The van der Waals surface area contributed by atoms with Crippen molar-refractivity contribution < 1.29 is 14.3 Å². The molecule has 0 aliphatic rings. The second-order valence-electron chi connectivity index (χ2n) is 9.51. The van der Waals surface area contributed by atoms with Crippen LogP contribution in [0.4, 0.5) is 0 Å². The minimum Gasteiger partial charge on any atom is -0.477 e. The fraction of sp³-hybridized carbons (Fsp3) is 0.194. The molecule has 0 aliphatic heterocycles. The molecule has 0 spiro atoms. The van der Waals surface area contributed by atoms with E-state index in [9.17, 15) is 14.7 Å². The van der Waals surface area contributed by atoms with E-state index in [0.717, 1.165) is 18.4 Å². The molecule has 0 unspecified atom stereocenters. The monoisotopic (exact) mass is 492 g/mol. The highest BCUT2D eigenvalue weighted by Gasteiger charge is 2.25. The van der Waals surface area contributed by atoms with E-state index >= 15 is 0 Å². The van der Waals surface area contributed by atoms with Gasteiger partial charge in [-0.3, -0.25) is 0 Å². The van der Waals surface area contributed by atoms with Gasteiger partial charge in [0.15, 0.2) is 5.58 Å². The third kappa shape index (κ3) is 4.58. The van der Waals surface area contributed by atoms with Crippen LogP contribution in [0.5, 0.6) is 0 Å². The minimum atomic E-state index is -1.19. The van der Waals surface area contributed by atoms with Crippen LogP contribution in [0.25, 0.3) is 44.2 Å². The van der Waals surface area contributed by atoms with E-state index in [0.29, 0.717) is 39.6 Å². The van der Waals surface area contributed by atoms with Crippen LogP contribution >= 0.6 is 0 Å². The van der Waals surface area contributed by atoms with Gasteiger partial charge in [-0.05, 0) is 57.4 Å². The molecule has 5 aromatic rings. The third-order valence-electron chi connectivity index (χ3n) is 6.59. The predicted octanol–water partition coefficient (Wildman–Crippen LogP) is 7.35. The number of aromatic carboxylic acids is 1. The topological polar surface area (TPSA) is 85.3 Å². The largest absolute Gasteiger partial charge is 0.477 e. The number of allylic oxidation sites excluding steroid dienone is 4. The molecule has 0 atom stereocenters. The first kappa shape index (κ1) is 24.3. The molecule has 1 N–H and O–H groups in total. The van der Waals surface area contributed by atoms with Gasteiger partial charge in [0.05, 0.1) is 22.1 Å². The lowest BCUT2D eigenvalue weighted by Gasteiger charge is -2.15. The first-order valence-electron chi connectivity index (χ1n) is 12.3. The van der Waals surface area contributed by atoms with Gasteiger partial charge in [-0.1, -0.05) is 65.8 Å². The number of hydrogen-bond acceptors (Lipinski definition) is 4. The Morgan fingerprint density at radius 1 is 1.00 bits per heavy atom. The van der Waals surface area contributed by atoms with Crippen LogP contribution in [-0.4, -0.2) is 20.6 Å². The molecule has 2 aromatic heterocycles. The molecule has 0 saturated heterocycles. The van der Waals surface area contributed by atoms with Gasteiger partial charge in [0.2, 0.25) is 0 Å². The van der Waals surface area contributed by atoms with Crippen molar-refractivity contribution in [1.82, 2.24) is 9.55 Å². The normalized spacial score (nSPS) is 11.9. The molecule has 0 aliphatic carbocycles. The Hall–Kier alpha value is -4.45. The highest BCUT2D eigenvalue weighted by atomic mass is 16.4. The van der Waals surface area contributed by atoms with Gasteiger partial charge in [0.25, 0.3) is 0 Å². The fourth-order valence-corrected chi connectivity index (χ4v) is 4.75. The van der Waals surface area contributed by atoms with Crippen LogP contribution in [0.15, 0.2) is 93.2 Å². The Kier molecular flexibility index (Phi) is 6.49. The molecule has 0 bridgehead atoms. The van der Waals surface area contributed by atoms with Gasteiger partial charge in [-0.2, -0.15) is 0 Å². The highest BCUT2D eigenvalue weighted by molar-refractivity contribution is 6.16. The van der Waals surface area contributed by atoms with Crippen molar-refractivity contribution in [3.05, 3.63) is 99.9 Å². The number of fused-ring (bicyclic) bond motifs is 3. The molecular formula is C31H28N2O4. The minimum absolute atomic E-state index is 0.0478. The molecule has 0 saturated carbocycles. The Bertz CT molecular complexity index is 1770. The van der Waals surface area contributed by atoms with Crippen molar-refractivity contribution in [1.29, 1.82) is 0 Å². The molecule has 2 heterocycles. The van der Waals surface area contributed by atoms with Gasteiger partial charge < -0.3 is 14.1 Å². The predicted molar refractivity (Wildman–Crippen MR) is 148 cm³/mol. The molecular weight excluding hydrogens is 464 g/mol. The SMILES string of the molecule is CC(C)=CCC/C(C)=C\Cn1c2ccccc2nc2c(C(=O)O)c3oc(=O)c(-c4ccccc4)c3cc21. The first-order chi connectivity index (χ1) is 17.8. The van der Waals surface area contributed by atoms with Gasteiger partial charge >= 0.3 is 11.6 Å². The summed E-state index contributed by atoms with van der Waals surface area (Å²) in [5.41, 5.74) is 5.44. The van der Waals surface area contributed by atoms with E-state index in [1.54, 1.807) is 0 Å². The van der Waals surface area contributed by atoms with Crippen LogP contribution in [0.2, 0.25) is 0 Å². The standard InChI is InChI=1S/C31H28N2O4/c1-19(2)10-9-11-20(3)16-17-33-24-15-8-7-14-23(24)32-28-25(33)18-22-26(21-12-5-4-6-13-21)31(36)37-29(22)27(28)30(34)35/h4-8,10,12-16,18H,9,11,17H2,1-3H3,(H,34,35)/b20-16-. The molecule has 0 radical (unpaired) electrons. The number of nitrogens with zero attached hydrogens (tertiary/aromatic N) is 2. The van der Waals surface area contributed by atoms with Crippen molar-refractivity contribution in [3.63, 3.8) is 0 Å². The first-order valence-corrected chi connectivity index (χ1v) is 12.3. The summed E-state index contributed by atoms with van der Waals surface area (Å²) < 4.78 is 7.63. The van der Waals surface area contributed by atoms with E-state index < -0.39 is 11.6 Å². The summed E-state index contributed by atoms with van der Waals surface area (Å²) in [5.74, 6) is -1.19. The summed E-state index contributed by atoms with van der Waals surface area (Å²) in [5, 5.41) is 10.7. The Morgan fingerprint density at radius 3 is 2.46 bits per heavy atom. The van der Waals surface area contributed by atoms with Crippen molar-refractivity contribution >= 4 is 39.0 Å². The van der Waals surface area contributed by atoms with Crippen LogP contribution in [0, 0.1) is 0 Å². The van der Waals surface area contributed by atoms with E-state index in [1.165, 1.54) is 11.1 Å². The molecule has 6 nitrogen and oxygen atoms in total. The molecule has 186 valence electrons. The van der Waals surface area contributed by atoms with Gasteiger partial charge in [-0.15, -0.1) is 0 Å². The van der Waals surface area contributed by atoms with Crippen molar-refractivity contribution in [3.8, 4) is 11.1 Å². The van der Waals surface area contributed by atoms with Crippen LogP contribution in [0.1, 0.15) is 44.0 Å². The van der Waals surface area contributed by atoms with Crippen molar-refractivity contribution in [2.75, 3.05) is 0 Å². The Labute approximate surface area is 214 Å². The summed E-state index contributed by atoms with van der Waals surface area (Å²) in [6, 6.07) is 18.7. The maximum Gasteiger partial charge on any atom is 0.344 e. The van der Waals surface area contributed by atoms with Gasteiger partial charge in [0, 0.05) is 11.9 Å². The molecule has 5 rings (SSSR count). The summed E-state index contributed by atoms with van der Waals surface area (Å²) in [6.45, 7) is 6.84. The zero-order chi connectivity index (χ0) is 26.1. The zero-order valence-corrected chi connectivity index (χ0v) is 21.1. The average molecular weight is 493 g/mol. The lowest BCUT2D eigenvalue weighted by atomic mass is 10.0. The highest BCUT2D eigenvalue weighted by Crippen LogP contribution is 2.35. The van der Waals surface area contributed by atoms with Crippen LogP contribution in [-0.2, 0) is 6.54 Å². The number of para-hydroxylation sites is 2.